The minimum Gasteiger partial charge on any atom is -0.331 e. The summed E-state index contributed by atoms with van der Waals surface area (Å²) >= 11 is 10.5. The normalized spacial score (nSPS) is 9.83. The summed E-state index contributed by atoms with van der Waals surface area (Å²) in [5, 5.41) is 7.10. The Morgan fingerprint density at radius 2 is 1.43 bits per heavy atom. The maximum Gasteiger partial charge on any atom is 0.189 e. The summed E-state index contributed by atoms with van der Waals surface area (Å²) in [6.07, 6.45) is 0.985. The van der Waals surface area contributed by atoms with Crippen LogP contribution in [0.25, 0.3) is 0 Å². The molecule has 0 unspecified atom stereocenters. The Hall–Kier alpha value is -2.18. The summed E-state index contributed by atoms with van der Waals surface area (Å²) in [5.41, 5.74) is 10.0. The minimum atomic E-state index is 0.446. The van der Waals surface area contributed by atoms with Gasteiger partial charge in [0.2, 0.25) is 0 Å². The average molecular weight is 345 g/mol. The fourth-order valence-corrected chi connectivity index (χ4v) is 2.37. The maximum atomic E-state index is 5.25. The van der Waals surface area contributed by atoms with Crippen LogP contribution in [0.5, 0.6) is 0 Å². The highest BCUT2D eigenvalue weighted by Gasteiger charge is 2.01. The van der Waals surface area contributed by atoms with E-state index in [1.165, 1.54) is 11.1 Å². The third-order valence-electron chi connectivity index (χ3n) is 3.16. The molecular formula is C17H20N4S2. The highest BCUT2D eigenvalue weighted by Crippen LogP contribution is 2.11. The van der Waals surface area contributed by atoms with Crippen LogP contribution in [-0.2, 0) is 6.42 Å². The second-order valence-corrected chi connectivity index (χ2v) is 5.90. The van der Waals surface area contributed by atoms with Gasteiger partial charge in [-0.3, -0.25) is 10.9 Å². The number of hydrogen-bond acceptors (Lipinski definition) is 2. The van der Waals surface area contributed by atoms with E-state index in [1.807, 2.05) is 43.3 Å². The Morgan fingerprint density at radius 3 is 2.00 bits per heavy atom. The van der Waals surface area contributed by atoms with E-state index in [4.69, 9.17) is 24.4 Å². The second-order valence-electron chi connectivity index (χ2n) is 5.08. The molecule has 4 N–H and O–H groups in total. The number of benzene rings is 2. The van der Waals surface area contributed by atoms with Gasteiger partial charge >= 0.3 is 0 Å². The van der Waals surface area contributed by atoms with Gasteiger partial charge in [-0.05, 0) is 73.2 Å². The topological polar surface area (TPSA) is 48.1 Å². The third kappa shape index (κ3) is 5.84. The molecule has 0 fully saturated rings. The molecule has 0 radical (unpaired) electrons. The van der Waals surface area contributed by atoms with Gasteiger partial charge in [-0.25, -0.2) is 0 Å². The van der Waals surface area contributed by atoms with Crippen molar-refractivity contribution in [3.8, 4) is 0 Å². The first kappa shape index (κ1) is 17.2. The number of rotatable bonds is 3. The van der Waals surface area contributed by atoms with E-state index < -0.39 is 0 Å². The lowest BCUT2D eigenvalue weighted by Gasteiger charge is -2.15. The van der Waals surface area contributed by atoms with Crippen molar-refractivity contribution in [3.05, 3.63) is 59.7 Å². The standard InChI is InChI=1S/C17H20N4S2/c1-3-13-7-5-9-15(11-13)19-17(23)21-20-16(22)18-14-8-4-6-12(2)10-14/h4-11H,3H2,1-2H3,(H2,18,20,22)(H2,19,21,23). The quantitative estimate of drug-likeness (QED) is 0.503. The molecular weight excluding hydrogens is 324 g/mol. The van der Waals surface area contributed by atoms with Crippen LogP contribution in [0.15, 0.2) is 48.5 Å². The lowest BCUT2D eigenvalue weighted by atomic mass is 10.1. The van der Waals surface area contributed by atoms with E-state index >= 15 is 0 Å². The van der Waals surface area contributed by atoms with E-state index in [1.54, 1.807) is 0 Å². The molecule has 23 heavy (non-hydrogen) atoms. The van der Waals surface area contributed by atoms with Crippen molar-refractivity contribution < 1.29 is 0 Å². The largest absolute Gasteiger partial charge is 0.331 e. The van der Waals surface area contributed by atoms with Crippen LogP contribution in [0.2, 0.25) is 0 Å². The molecule has 0 aliphatic heterocycles. The van der Waals surface area contributed by atoms with Crippen LogP contribution in [-0.4, -0.2) is 10.2 Å². The molecule has 0 aliphatic rings. The summed E-state index contributed by atoms with van der Waals surface area (Å²) < 4.78 is 0. The Bertz CT molecular complexity index is 700. The first-order valence-corrected chi connectivity index (χ1v) is 8.18. The van der Waals surface area contributed by atoms with Crippen molar-refractivity contribution in [2.45, 2.75) is 20.3 Å². The molecule has 0 heterocycles. The van der Waals surface area contributed by atoms with E-state index in [2.05, 4.69) is 40.5 Å². The van der Waals surface area contributed by atoms with Crippen molar-refractivity contribution in [2.75, 3.05) is 10.6 Å². The predicted molar refractivity (Wildman–Crippen MR) is 106 cm³/mol. The van der Waals surface area contributed by atoms with Gasteiger partial charge in [-0.1, -0.05) is 31.2 Å². The molecule has 2 aromatic rings. The maximum absolute atomic E-state index is 5.25. The van der Waals surface area contributed by atoms with Gasteiger partial charge in [0.25, 0.3) is 0 Å². The summed E-state index contributed by atoms with van der Waals surface area (Å²) in [7, 11) is 0. The molecule has 0 aliphatic carbocycles. The predicted octanol–water partition coefficient (Wildman–Crippen LogP) is 3.75. The molecule has 0 spiro atoms. The Labute approximate surface area is 147 Å². The monoisotopic (exact) mass is 344 g/mol. The smallest absolute Gasteiger partial charge is 0.189 e. The van der Waals surface area contributed by atoms with Gasteiger partial charge in [-0.2, -0.15) is 0 Å². The van der Waals surface area contributed by atoms with Gasteiger partial charge in [0.05, 0.1) is 0 Å². The van der Waals surface area contributed by atoms with Crippen LogP contribution in [0.3, 0.4) is 0 Å². The molecule has 4 nitrogen and oxygen atoms in total. The lowest BCUT2D eigenvalue weighted by Crippen LogP contribution is -2.45. The molecule has 0 saturated carbocycles. The Morgan fingerprint density at radius 1 is 0.870 bits per heavy atom. The lowest BCUT2D eigenvalue weighted by molar-refractivity contribution is 0.885. The Kier molecular flexibility index (Phi) is 6.31. The fraction of sp³-hybridized carbons (Fsp3) is 0.176. The molecule has 120 valence electrons. The van der Waals surface area contributed by atoms with Gasteiger partial charge in [-0.15, -0.1) is 0 Å². The van der Waals surface area contributed by atoms with Gasteiger partial charge in [0, 0.05) is 11.4 Å². The zero-order chi connectivity index (χ0) is 16.7. The van der Waals surface area contributed by atoms with Crippen molar-refractivity contribution >= 4 is 46.0 Å². The van der Waals surface area contributed by atoms with Crippen molar-refractivity contribution in [3.63, 3.8) is 0 Å². The van der Waals surface area contributed by atoms with Gasteiger partial charge in [0.1, 0.15) is 0 Å². The van der Waals surface area contributed by atoms with Crippen LogP contribution in [0.4, 0.5) is 11.4 Å². The van der Waals surface area contributed by atoms with Crippen LogP contribution >= 0.6 is 24.4 Å². The molecule has 6 heteroatoms. The average Bonchev–Trinajstić information content (AvgIpc) is 2.53. The van der Waals surface area contributed by atoms with Crippen LogP contribution in [0.1, 0.15) is 18.1 Å². The van der Waals surface area contributed by atoms with Gasteiger partial charge < -0.3 is 10.6 Å². The van der Waals surface area contributed by atoms with E-state index in [0.717, 1.165) is 17.8 Å². The fourth-order valence-electron chi connectivity index (χ4n) is 2.03. The van der Waals surface area contributed by atoms with Crippen molar-refractivity contribution in [2.24, 2.45) is 0 Å². The number of thiocarbonyl (C=S) groups is 2. The number of hydrazine groups is 1. The van der Waals surface area contributed by atoms with Crippen molar-refractivity contribution in [1.29, 1.82) is 0 Å². The molecule has 0 aromatic heterocycles. The highest BCUT2D eigenvalue weighted by molar-refractivity contribution is 7.81. The third-order valence-corrected chi connectivity index (χ3v) is 3.57. The Balaban J connectivity index is 1.80. The first-order chi connectivity index (χ1) is 11.1. The van der Waals surface area contributed by atoms with Crippen molar-refractivity contribution in [1.82, 2.24) is 10.9 Å². The summed E-state index contributed by atoms with van der Waals surface area (Å²) in [5.74, 6) is 0. The first-order valence-electron chi connectivity index (χ1n) is 7.36. The SMILES string of the molecule is CCc1cccc(NC(=S)NNC(=S)Nc2cccc(C)c2)c1. The van der Waals surface area contributed by atoms with Gasteiger partial charge in [0.15, 0.2) is 10.2 Å². The zero-order valence-corrected chi connectivity index (χ0v) is 14.8. The number of nitrogens with one attached hydrogen (secondary N) is 4. The number of anilines is 2. The van der Waals surface area contributed by atoms with E-state index in [0.29, 0.717) is 10.2 Å². The summed E-state index contributed by atoms with van der Waals surface area (Å²) in [4.78, 5) is 0. The van der Waals surface area contributed by atoms with E-state index in [-0.39, 0.29) is 0 Å². The van der Waals surface area contributed by atoms with E-state index in [9.17, 15) is 0 Å². The summed E-state index contributed by atoms with van der Waals surface area (Å²) in [6, 6.07) is 16.1. The zero-order valence-electron chi connectivity index (χ0n) is 13.1. The number of hydrogen-bond donors (Lipinski definition) is 4. The second kappa shape index (κ2) is 8.45. The minimum absolute atomic E-state index is 0.446. The molecule has 0 amide bonds. The van der Waals surface area contributed by atoms with Crippen LogP contribution in [0, 0.1) is 6.92 Å². The molecule has 2 rings (SSSR count). The molecule has 2 aromatic carbocycles. The molecule has 0 bridgehead atoms. The molecule has 0 atom stereocenters. The highest BCUT2D eigenvalue weighted by atomic mass is 32.1. The van der Waals surface area contributed by atoms with Crippen LogP contribution < -0.4 is 21.5 Å². The summed E-state index contributed by atoms with van der Waals surface area (Å²) in [6.45, 7) is 4.15. The molecule has 0 saturated heterocycles. The number of aryl methyl sites for hydroxylation is 2.